The number of rotatable bonds is 14. The van der Waals surface area contributed by atoms with Gasteiger partial charge in [0.2, 0.25) is 0 Å². The summed E-state index contributed by atoms with van der Waals surface area (Å²) >= 11 is 7.52. The number of hydrogen-bond acceptors (Lipinski definition) is 10. The lowest BCUT2D eigenvalue weighted by atomic mass is 9.83. The molecule has 664 valence electrons. The quantitative estimate of drug-likeness (QED) is 0.0161. The van der Waals surface area contributed by atoms with E-state index in [1.54, 1.807) is 62.7 Å². The molecule has 7 aliphatic rings. The van der Waals surface area contributed by atoms with E-state index in [1.165, 1.54) is 172 Å². The molecular formula is C99H171IN8O6SSi2. The Morgan fingerprint density at radius 2 is 0.974 bits per heavy atom. The van der Waals surface area contributed by atoms with E-state index >= 15 is 0 Å². The maximum absolute atomic E-state index is 10.1. The van der Waals surface area contributed by atoms with Crippen LogP contribution >= 0.6 is 34.8 Å². The van der Waals surface area contributed by atoms with Crippen molar-refractivity contribution in [3.63, 3.8) is 0 Å². The number of halogens is 1. The largest absolute Gasteiger partial charge is 0.463 e. The monoisotopic (exact) mass is 1780 g/mol. The molecule has 6 atom stereocenters. The van der Waals surface area contributed by atoms with Gasteiger partial charge in [0.15, 0.2) is 4.77 Å². The number of nitrogens with one attached hydrogen (secondary N) is 2. The maximum Gasteiger partial charge on any atom is 0.373 e. The molecule has 4 aromatic rings. The molecule has 0 bridgehead atoms. The van der Waals surface area contributed by atoms with Gasteiger partial charge in [0.05, 0.1) is 35.2 Å². The predicted molar refractivity (Wildman–Crippen MR) is 519 cm³/mol. The normalized spacial score (nSPS) is 20.0. The van der Waals surface area contributed by atoms with Gasteiger partial charge in [0.25, 0.3) is 0 Å². The van der Waals surface area contributed by atoms with Gasteiger partial charge in [0.1, 0.15) is 16.1 Å². The number of nitrogens with zero attached hydrogens (tertiary/aromatic N) is 6. The molecule has 3 N–H and O–H groups in total. The van der Waals surface area contributed by atoms with Crippen LogP contribution in [0.5, 0.6) is 0 Å². The van der Waals surface area contributed by atoms with E-state index in [0.29, 0.717) is 29.2 Å². The van der Waals surface area contributed by atoms with Crippen molar-refractivity contribution in [1.29, 1.82) is 0 Å². The third-order valence-electron chi connectivity index (χ3n) is 26.1. The van der Waals surface area contributed by atoms with E-state index in [1.807, 2.05) is 50.4 Å². The summed E-state index contributed by atoms with van der Waals surface area (Å²) in [6, 6.07) is 0. The molecule has 18 heteroatoms. The SMILES string of the molecule is C.C1CCOC1.C=C(C)C(=C)C.C=CC(=O)OCC.CC1=C(C)CC(CI)CC1.CC1=C(C)CC(CO)CC1.CC1=C(C)CC(Cc2c[nH]c(=S)[nH]2)CC1.CC1=C(C)CC(Cc2cn(C)c([Si](C)(C)C(C)(C)C)n2)CC1.CC1=C(C)CC(Cc2cn(C)cn2)CC1.CCC1CCC(C)=C(C)C1.Cn1ccnc1[Si](C)(C)C(C)(C)C.O=C=O. The summed E-state index contributed by atoms with van der Waals surface area (Å²) in [6.07, 6.45) is 44.3. The Kier molecular flexibility index (Phi) is 54.5. The Hall–Kier alpha value is -5.35. The van der Waals surface area contributed by atoms with Crippen LogP contribution < -0.4 is 10.9 Å². The van der Waals surface area contributed by atoms with E-state index in [9.17, 15) is 4.79 Å². The van der Waals surface area contributed by atoms with Crippen molar-refractivity contribution in [3.05, 3.63) is 163 Å². The Morgan fingerprint density at radius 3 is 1.28 bits per heavy atom. The highest BCUT2D eigenvalue weighted by Crippen LogP contribution is 2.39. The van der Waals surface area contributed by atoms with Gasteiger partial charge in [-0.25, -0.2) is 19.7 Å². The number of aromatic amines is 2. The fourth-order valence-corrected chi connectivity index (χ4v) is 19.7. The van der Waals surface area contributed by atoms with Crippen LogP contribution in [0.1, 0.15) is 312 Å². The first-order valence-corrected chi connectivity index (χ1v) is 51.6. The van der Waals surface area contributed by atoms with Crippen LogP contribution in [0.15, 0.2) is 141 Å². The summed E-state index contributed by atoms with van der Waals surface area (Å²) in [7, 11) is 3.33. The zero-order valence-electron chi connectivity index (χ0n) is 79.1. The van der Waals surface area contributed by atoms with Gasteiger partial charge >= 0.3 is 12.1 Å². The van der Waals surface area contributed by atoms with E-state index in [2.05, 4.69) is 260 Å². The summed E-state index contributed by atoms with van der Waals surface area (Å²) < 4.78 is 18.0. The van der Waals surface area contributed by atoms with Crippen molar-refractivity contribution in [2.75, 3.05) is 30.9 Å². The van der Waals surface area contributed by atoms with Gasteiger partial charge in [-0.3, -0.25) is 0 Å². The lowest BCUT2D eigenvalue weighted by molar-refractivity contribution is -0.191. The fourth-order valence-electron chi connectivity index (χ4n) is 14.7. The number of allylic oxidation sites excluding steroid dienone is 14. The number of aliphatic hydroxyl groups excluding tert-OH is 1. The average Bonchev–Trinajstić information content (AvgIpc) is 1.73. The van der Waals surface area contributed by atoms with Gasteiger partial charge in [-0.2, -0.15) is 9.59 Å². The lowest BCUT2D eigenvalue weighted by Crippen LogP contribution is -2.53. The molecule has 14 nitrogen and oxygen atoms in total. The Labute approximate surface area is 736 Å². The zero-order chi connectivity index (χ0) is 88.4. The smallest absolute Gasteiger partial charge is 0.373 e. The number of H-pyrrole nitrogens is 2. The second-order valence-electron chi connectivity index (χ2n) is 37.9. The van der Waals surface area contributed by atoms with Crippen LogP contribution in [0, 0.1) is 40.3 Å². The molecule has 1 aliphatic heterocycles. The second kappa shape index (κ2) is 57.1. The van der Waals surface area contributed by atoms with E-state index in [4.69, 9.17) is 36.6 Å². The molecule has 0 radical (unpaired) electrons. The summed E-state index contributed by atoms with van der Waals surface area (Å²) in [4.78, 5) is 46.5. The van der Waals surface area contributed by atoms with Crippen molar-refractivity contribution >= 4 is 74.0 Å². The van der Waals surface area contributed by atoms with Crippen LogP contribution in [-0.4, -0.2) is 103 Å². The third-order valence-corrected chi connectivity index (χ3v) is 38.2. The summed E-state index contributed by atoms with van der Waals surface area (Å²) in [5.41, 5.74) is 27.8. The van der Waals surface area contributed by atoms with Crippen molar-refractivity contribution in [1.82, 2.24) is 38.6 Å². The number of alkyl halides is 1. The van der Waals surface area contributed by atoms with E-state index < -0.39 is 16.1 Å². The van der Waals surface area contributed by atoms with Gasteiger partial charge < -0.3 is 38.2 Å². The lowest BCUT2D eigenvalue weighted by Gasteiger charge is -2.35. The zero-order valence-corrected chi connectivity index (χ0v) is 84.1. The van der Waals surface area contributed by atoms with Gasteiger partial charge in [-0.05, 0) is 309 Å². The molecule has 5 heterocycles. The van der Waals surface area contributed by atoms with E-state index in [-0.39, 0.29) is 19.5 Å². The molecule has 1 saturated heterocycles. The molecule has 1 fully saturated rings. The van der Waals surface area contributed by atoms with E-state index in [0.717, 1.165) is 90.5 Å². The van der Waals surface area contributed by atoms with Crippen molar-refractivity contribution < 1.29 is 29.0 Å². The van der Waals surface area contributed by atoms with Crippen molar-refractivity contribution in [3.8, 4) is 0 Å². The number of ether oxygens (including phenoxy) is 2. The molecular weight excluding hydrogens is 1610 g/mol. The van der Waals surface area contributed by atoms with Crippen molar-refractivity contribution in [2.24, 2.45) is 56.7 Å². The number of imidazole rings is 4. The minimum atomic E-state index is -1.55. The average molecular weight is 1780 g/mol. The maximum atomic E-state index is 10.1. The number of carbonyl (C=O) groups is 1. The minimum absolute atomic E-state index is 0. The molecule has 4 aromatic heterocycles. The molecule has 0 saturated carbocycles. The number of carbonyl (C=O) groups excluding carboxylic acids is 3. The summed E-state index contributed by atoms with van der Waals surface area (Å²) in [5, 5.41) is 9.58. The first-order chi connectivity index (χ1) is 54.2. The Balaban J connectivity index is 0.00000130. The Bertz CT molecular complexity index is 3810. The van der Waals surface area contributed by atoms with Crippen LogP contribution in [0.3, 0.4) is 0 Å². The molecule has 0 aromatic carbocycles. The first kappa shape index (κ1) is 112. The predicted octanol–water partition coefficient (Wildman–Crippen LogP) is 26.7. The van der Waals surface area contributed by atoms with Crippen LogP contribution in [0.4, 0.5) is 0 Å². The number of aliphatic hydroxyl groups is 1. The molecule has 11 rings (SSSR count). The highest BCUT2D eigenvalue weighted by Gasteiger charge is 2.42. The van der Waals surface area contributed by atoms with Crippen LogP contribution in [0.2, 0.25) is 36.3 Å². The Morgan fingerprint density at radius 1 is 0.598 bits per heavy atom. The molecule has 117 heavy (non-hydrogen) atoms. The number of aromatic nitrogens is 8. The van der Waals surface area contributed by atoms with Gasteiger partial charge in [0, 0.05) is 88.1 Å². The number of esters is 1. The van der Waals surface area contributed by atoms with Gasteiger partial charge in [-0.15, -0.1) is 0 Å². The molecule has 6 unspecified atom stereocenters. The first-order valence-electron chi connectivity index (χ1n) is 43.7. The van der Waals surface area contributed by atoms with Gasteiger partial charge in [-0.1, -0.05) is 209 Å². The minimum Gasteiger partial charge on any atom is -0.463 e. The third kappa shape index (κ3) is 42.8. The van der Waals surface area contributed by atoms with Crippen LogP contribution in [-0.2, 0) is 64.3 Å². The van der Waals surface area contributed by atoms with Crippen molar-refractivity contribution in [2.45, 2.75) is 350 Å². The van der Waals surface area contributed by atoms with Crippen LogP contribution in [0.25, 0.3) is 0 Å². The highest BCUT2D eigenvalue weighted by molar-refractivity contribution is 14.1. The second-order valence-corrected chi connectivity index (χ2v) is 49.6. The topological polar surface area (TPSA) is 175 Å². The summed E-state index contributed by atoms with van der Waals surface area (Å²) in [6.45, 7) is 72.1. The highest BCUT2D eigenvalue weighted by atomic mass is 127. The molecule has 0 spiro atoms. The number of hydrogen-bond donors (Lipinski definition) is 3. The molecule has 0 amide bonds. The summed E-state index contributed by atoms with van der Waals surface area (Å²) in [5.74, 6) is 4.53. The fraction of sp³-hybridized carbons (Fsp3) is 0.677. The standard InChI is InChI=1S/C19H34N2Si.C13H20N2.C12H18N2S.C10H20N2Si.C10H18.C9H15I.C9H16O.C6H10.C5H8O2.C4H8O.CO2.CH4/c1-14-9-10-16(11-15(14)2)12-17-13-21(6)18(20-17)22(7,8)19(3,4)5;1-10-4-5-12(6-11(10)2)7-13-8-15(3)9-14-13;1-8-3-4-10(5-9(8)2)6-11-7-13-12(15)14-11;1-10(2,3)13(5,6)9-11-7-8-12(9)4;1-4-10-6-5-8(2)9(3)7-10;2*1-7-3-4-9(6-10)5-8(7)2;1-5(2)6(3)4;1-3-5(6)7-4-2;1-2-4-5-3-1;2-1-3;/h13,16H,9-12H2,1-8H3;8-9,12H,4-7H2,1-3H3;7,10H,3-6H2,1-2H3,(H2,13,14,15);7-8H,1-6H3;10H,4-7H2,1-3H3;9H,3-6H2,1-2H3;9-10H,3-6H2,1-2H3;1,3H2,2,4H3;3H,1,4H2,2H3;1-4H2;;1H4. The molecule has 6 aliphatic carbocycles. The number of aryl methyl sites for hydroxylation is 3.